The van der Waals surface area contributed by atoms with Crippen molar-refractivity contribution in [1.29, 1.82) is 0 Å². The Hall–Kier alpha value is -1.16. The number of carbonyl (C=O) groups is 1. The van der Waals surface area contributed by atoms with Gasteiger partial charge in [0.25, 0.3) is 0 Å². The fourth-order valence-electron chi connectivity index (χ4n) is 1.23. The lowest BCUT2D eigenvalue weighted by Crippen LogP contribution is -2.29. The fourth-order valence-corrected chi connectivity index (χ4v) is 1.70. The number of carboxylic acid groups (broad SMARTS) is 1. The van der Waals surface area contributed by atoms with E-state index in [-0.39, 0.29) is 0 Å². The molecule has 15 heavy (non-hydrogen) atoms. The zero-order valence-corrected chi connectivity index (χ0v) is 9.46. The first-order chi connectivity index (χ1) is 7.24. The number of hydrogen-bond donors (Lipinski definition) is 2. The Kier molecular flexibility index (Phi) is 5.04. The highest BCUT2D eigenvalue weighted by Gasteiger charge is 2.15. The SMILES string of the molecule is CSCC[C@H](Nc1ccccc1)C(=O)O. The van der Waals surface area contributed by atoms with Crippen molar-refractivity contribution in [1.82, 2.24) is 0 Å². The monoisotopic (exact) mass is 225 g/mol. The number of benzene rings is 1. The average molecular weight is 225 g/mol. The highest BCUT2D eigenvalue weighted by atomic mass is 32.2. The molecule has 0 unspecified atom stereocenters. The lowest BCUT2D eigenvalue weighted by Gasteiger charge is -2.14. The summed E-state index contributed by atoms with van der Waals surface area (Å²) < 4.78 is 0. The van der Waals surface area contributed by atoms with Crippen LogP contribution in [0.4, 0.5) is 5.69 Å². The second-order valence-electron chi connectivity index (χ2n) is 3.18. The molecule has 0 spiro atoms. The summed E-state index contributed by atoms with van der Waals surface area (Å²) in [6, 6.07) is 8.92. The van der Waals surface area contributed by atoms with Crippen LogP contribution in [0.5, 0.6) is 0 Å². The molecular formula is C11H15NO2S. The Balaban J connectivity index is 2.55. The highest BCUT2D eigenvalue weighted by molar-refractivity contribution is 7.98. The lowest BCUT2D eigenvalue weighted by molar-refractivity contribution is -0.137. The zero-order chi connectivity index (χ0) is 11.1. The van der Waals surface area contributed by atoms with E-state index in [0.717, 1.165) is 11.4 Å². The van der Waals surface area contributed by atoms with Gasteiger partial charge in [0.1, 0.15) is 6.04 Å². The van der Waals surface area contributed by atoms with Crippen LogP contribution in [0.3, 0.4) is 0 Å². The average Bonchev–Trinajstić information content (AvgIpc) is 2.25. The van der Waals surface area contributed by atoms with E-state index in [1.54, 1.807) is 11.8 Å². The molecule has 0 aromatic heterocycles. The number of rotatable bonds is 6. The zero-order valence-electron chi connectivity index (χ0n) is 8.64. The first-order valence-electron chi connectivity index (χ1n) is 4.77. The minimum Gasteiger partial charge on any atom is -0.480 e. The number of para-hydroxylation sites is 1. The summed E-state index contributed by atoms with van der Waals surface area (Å²) in [5, 5.41) is 12.0. The van der Waals surface area contributed by atoms with Gasteiger partial charge in [-0.25, -0.2) is 4.79 Å². The van der Waals surface area contributed by atoms with Crippen molar-refractivity contribution >= 4 is 23.4 Å². The fraction of sp³-hybridized carbons (Fsp3) is 0.364. The predicted octanol–water partition coefficient (Wildman–Crippen LogP) is 2.30. The van der Waals surface area contributed by atoms with Crippen LogP contribution < -0.4 is 5.32 Å². The van der Waals surface area contributed by atoms with E-state index in [2.05, 4.69) is 5.32 Å². The molecule has 1 atom stereocenters. The van der Waals surface area contributed by atoms with Gasteiger partial charge < -0.3 is 10.4 Å². The van der Waals surface area contributed by atoms with E-state index >= 15 is 0 Å². The normalized spacial score (nSPS) is 12.1. The molecule has 0 heterocycles. The Morgan fingerprint density at radius 3 is 2.67 bits per heavy atom. The standard InChI is InChI=1S/C11H15NO2S/c1-15-8-7-10(11(13)14)12-9-5-3-2-4-6-9/h2-6,10,12H,7-8H2,1H3,(H,13,14)/t10-/m0/s1. The Morgan fingerprint density at radius 2 is 2.13 bits per heavy atom. The van der Waals surface area contributed by atoms with E-state index < -0.39 is 12.0 Å². The summed E-state index contributed by atoms with van der Waals surface area (Å²) in [7, 11) is 0. The van der Waals surface area contributed by atoms with Crippen LogP contribution in [-0.4, -0.2) is 29.1 Å². The summed E-state index contributed by atoms with van der Waals surface area (Å²) >= 11 is 1.65. The Labute approximate surface area is 93.9 Å². The molecule has 0 amide bonds. The molecule has 0 bridgehead atoms. The van der Waals surface area contributed by atoms with Gasteiger partial charge in [0.2, 0.25) is 0 Å². The van der Waals surface area contributed by atoms with Gasteiger partial charge in [0, 0.05) is 5.69 Å². The third-order valence-corrected chi connectivity index (χ3v) is 2.67. The van der Waals surface area contributed by atoms with Gasteiger partial charge in [-0.1, -0.05) is 18.2 Å². The summed E-state index contributed by atoms with van der Waals surface area (Å²) in [6.45, 7) is 0. The van der Waals surface area contributed by atoms with Crippen molar-refractivity contribution in [3.05, 3.63) is 30.3 Å². The first kappa shape index (κ1) is 11.9. The van der Waals surface area contributed by atoms with Gasteiger partial charge in [-0.05, 0) is 30.6 Å². The molecule has 0 aliphatic carbocycles. The van der Waals surface area contributed by atoms with Gasteiger partial charge in [0.15, 0.2) is 0 Å². The molecule has 0 radical (unpaired) electrons. The number of aliphatic carboxylic acids is 1. The minimum atomic E-state index is -0.798. The summed E-state index contributed by atoms with van der Waals surface area (Å²) in [5.74, 6) is 0.0458. The van der Waals surface area contributed by atoms with Gasteiger partial charge in [-0.2, -0.15) is 11.8 Å². The van der Waals surface area contributed by atoms with Crippen molar-refractivity contribution in [2.24, 2.45) is 0 Å². The van der Waals surface area contributed by atoms with Crippen LogP contribution in [-0.2, 0) is 4.79 Å². The Morgan fingerprint density at radius 1 is 1.47 bits per heavy atom. The maximum Gasteiger partial charge on any atom is 0.326 e. The molecule has 1 aromatic rings. The van der Waals surface area contributed by atoms with Crippen molar-refractivity contribution in [3.63, 3.8) is 0 Å². The van der Waals surface area contributed by atoms with E-state index in [1.165, 1.54) is 0 Å². The van der Waals surface area contributed by atoms with E-state index in [1.807, 2.05) is 36.6 Å². The third-order valence-electron chi connectivity index (χ3n) is 2.02. The van der Waals surface area contributed by atoms with Crippen molar-refractivity contribution in [2.45, 2.75) is 12.5 Å². The molecule has 1 aromatic carbocycles. The van der Waals surface area contributed by atoms with E-state index in [9.17, 15) is 4.79 Å². The highest BCUT2D eigenvalue weighted by Crippen LogP contribution is 2.10. The number of carboxylic acids is 1. The van der Waals surface area contributed by atoms with Crippen molar-refractivity contribution < 1.29 is 9.90 Å². The second-order valence-corrected chi connectivity index (χ2v) is 4.17. The summed E-state index contributed by atoms with van der Waals surface area (Å²) in [4.78, 5) is 10.9. The molecule has 0 saturated heterocycles. The molecule has 0 fully saturated rings. The van der Waals surface area contributed by atoms with Crippen LogP contribution in [0.1, 0.15) is 6.42 Å². The molecule has 0 saturated carbocycles. The number of hydrogen-bond acceptors (Lipinski definition) is 3. The maximum absolute atomic E-state index is 10.9. The van der Waals surface area contributed by atoms with Gasteiger partial charge in [0.05, 0.1) is 0 Å². The van der Waals surface area contributed by atoms with Crippen molar-refractivity contribution in [2.75, 3.05) is 17.3 Å². The van der Waals surface area contributed by atoms with Gasteiger partial charge in [-0.15, -0.1) is 0 Å². The quantitative estimate of drug-likeness (QED) is 0.780. The lowest BCUT2D eigenvalue weighted by atomic mass is 10.2. The number of anilines is 1. The third kappa shape index (κ3) is 4.25. The number of nitrogens with one attached hydrogen (secondary N) is 1. The molecule has 0 aliphatic heterocycles. The molecule has 1 rings (SSSR count). The molecule has 4 heteroatoms. The van der Waals surface area contributed by atoms with Crippen molar-refractivity contribution in [3.8, 4) is 0 Å². The largest absolute Gasteiger partial charge is 0.480 e. The smallest absolute Gasteiger partial charge is 0.326 e. The predicted molar refractivity (Wildman–Crippen MR) is 64.5 cm³/mol. The van der Waals surface area contributed by atoms with Crippen LogP contribution >= 0.6 is 11.8 Å². The van der Waals surface area contributed by atoms with Gasteiger partial charge in [-0.3, -0.25) is 0 Å². The Bertz CT molecular complexity index is 303. The topological polar surface area (TPSA) is 49.3 Å². The number of thioether (sulfide) groups is 1. The van der Waals surface area contributed by atoms with E-state index in [4.69, 9.17) is 5.11 Å². The molecule has 2 N–H and O–H groups in total. The molecule has 82 valence electrons. The van der Waals surface area contributed by atoms with Crippen LogP contribution in [0.25, 0.3) is 0 Å². The minimum absolute atomic E-state index is 0.500. The molecular weight excluding hydrogens is 210 g/mol. The van der Waals surface area contributed by atoms with Crippen LogP contribution in [0, 0.1) is 0 Å². The van der Waals surface area contributed by atoms with Crippen LogP contribution in [0.2, 0.25) is 0 Å². The van der Waals surface area contributed by atoms with E-state index in [0.29, 0.717) is 6.42 Å². The second kappa shape index (κ2) is 6.35. The maximum atomic E-state index is 10.9. The molecule has 0 aliphatic rings. The molecule has 3 nitrogen and oxygen atoms in total. The first-order valence-corrected chi connectivity index (χ1v) is 6.16. The summed E-state index contributed by atoms with van der Waals surface area (Å²) in [5.41, 5.74) is 0.853. The van der Waals surface area contributed by atoms with Crippen LogP contribution in [0.15, 0.2) is 30.3 Å². The van der Waals surface area contributed by atoms with Gasteiger partial charge >= 0.3 is 5.97 Å². The summed E-state index contributed by atoms with van der Waals surface area (Å²) in [6.07, 6.45) is 2.60.